The van der Waals surface area contributed by atoms with E-state index in [2.05, 4.69) is 0 Å². The molecule has 0 bridgehead atoms. The SMILES string of the molecule is CC1CN(C(=O)c2ccc(CCl)cc2)CC(C)(C)O1. The van der Waals surface area contributed by atoms with Gasteiger partial charge in [-0.15, -0.1) is 11.6 Å². The van der Waals surface area contributed by atoms with Crippen molar-refractivity contribution in [2.75, 3.05) is 13.1 Å². The third kappa shape index (κ3) is 3.48. The average Bonchev–Trinajstić information content (AvgIpc) is 2.35. The van der Waals surface area contributed by atoms with E-state index in [1.807, 2.05) is 49.9 Å². The van der Waals surface area contributed by atoms with Crippen LogP contribution >= 0.6 is 11.6 Å². The van der Waals surface area contributed by atoms with Gasteiger partial charge in [0.15, 0.2) is 0 Å². The Labute approximate surface area is 119 Å². The summed E-state index contributed by atoms with van der Waals surface area (Å²) in [5.41, 5.74) is 1.44. The second-order valence-electron chi connectivity index (χ2n) is 5.70. The zero-order chi connectivity index (χ0) is 14.0. The standard InChI is InChI=1S/C15H20ClNO2/c1-11-9-17(10-15(2,3)19-11)14(18)13-6-4-12(8-16)5-7-13/h4-7,11H,8-10H2,1-3H3. The lowest BCUT2D eigenvalue weighted by atomic mass is 10.0. The van der Waals surface area contributed by atoms with E-state index >= 15 is 0 Å². The summed E-state index contributed by atoms with van der Waals surface area (Å²) in [6, 6.07) is 7.48. The number of halogens is 1. The van der Waals surface area contributed by atoms with Crippen molar-refractivity contribution in [1.82, 2.24) is 4.90 Å². The summed E-state index contributed by atoms with van der Waals surface area (Å²) in [6.07, 6.45) is 0.0646. The summed E-state index contributed by atoms with van der Waals surface area (Å²) in [7, 11) is 0. The number of morpholine rings is 1. The lowest BCUT2D eigenvalue weighted by Gasteiger charge is -2.41. The van der Waals surface area contributed by atoms with E-state index in [1.165, 1.54) is 0 Å². The van der Waals surface area contributed by atoms with Crippen molar-refractivity contribution in [1.29, 1.82) is 0 Å². The van der Waals surface area contributed by atoms with Crippen molar-refractivity contribution >= 4 is 17.5 Å². The number of hydrogen-bond acceptors (Lipinski definition) is 2. The van der Waals surface area contributed by atoms with Gasteiger partial charge in [-0.05, 0) is 38.5 Å². The summed E-state index contributed by atoms with van der Waals surface area (Å²) in [5, 5.41) is 0. The second-order valence-corrected chi connectivity index (χ2v) is 5.97. The molecule has 0 aliphatic carbocycles. The molecule has 1 saturated heterocycles. The van der Waals surface area contributed by atoms with Crippen molar-refractivity contribution in [3.05, 3.63) is 35.4 Å². The first-order valence-corrected chi connectivity index (χ1v) is 7.07. The lowest BCUT2D eigenvalue weighted by molar-refractivity contribution is -0.118. The highest BCUT2D eigenvalue weighted by Gasteiger charge is 2.33. The zero-order valence-corrected chi connectivity index (χ0v) is 12.4. The molecule has 0 spiro atoms. The maximum atomic E-state index is 12.5. The Bertz CT molecular complexity index is 456. The van der Waals surface area contributed by atoms with Crippen LogP contribution < -0.4 is 0 Å². The van der Waals surface area contributed by atoms with E-state index in [0.717, 1.165) is 5.56 Å². The van der Waals surface area contributed by atoms with E-state index in [9.17, 15) is 4.79 Å². The van der Waals surface area contributed by atoms with Gasteiger partial charge in [0.1, 0.15) is 0 Å². The van der Waals surface area contributed by atoms with E-state index in [0.29, 0.717) is 24.5 Å². The van der Waals surface area contributed by atoms with Crippen molar-refractivity contribution in [3.63, 3.8) is 0 Å². The Hall–Kier alpha value is -1.06. The molecule has 3 nitrogen and oxygen atoms in total. The van der Waals surface area contributed by atoms with Gasteiger partial charge in [0.05, 0.1) is 11.7 Å². The number of carbonyl (C=O) groups is 1. The molecule has 1 aliphatic heterocycles. The Morgan fingerprint density at radius 2 is 2.05 bits per heavy atom. The van der Waals surface area contributed by atoms with Crippen LogP contribution in [0.25, 0.3) is 0 Å². The van der Waals surface area contributed by atoms with Gasteiger partial charge in [0.2, 0.25) is 0 Å². The topological polar surface area (TPSA) is 29.5 Å². The summed E-state index contributed by atoms with van der Waals surface area (Å²) in [5.74, 6) is 0.528. The monoisotopic (exact) mass is 281 g/mol. The highest BCUT2D eigenvalue weighted by Crippen LogP contribution is 2.22. The predicted molar refractivity (Wildman–Crippen MR) is 76.5 cm³/mol. The number of amides is 1. The lowest BCUT2D eigenvalue weighted by Crippen LogP contribution is -2.53. The van der Waals surface area contributed by atoms with Gasteiger partial charge < -0.3 is 9.64 Å². The molecule has 1 aromatic carbocycles. The molecule has 0 aromatic heterocycles. The molecule has 19 heavy (non-hydrogen) atoms. The number of alkyl halides is 1. The predicted octanol–water partition coefficient (Wildman–Crippen LogP) is 3.06. The van der Waals surface area contributed by atoms with Gasteiger partial charge >= 0.3 is 0 Å². The molecule has 1 heterocycles. The quantitative estimate of drug-likeness (QED) is 0.780. The van der Waals surface area contributed by atoms with Crippen LogP contribution in [-0.4, -0.2) is 35.6 Å². The number of benzene rings is 1. The van der Waals surface area contributed by atoms with E-state index in [-0.39, 0.29) is 17.6 Å². The normalized spacial score (nSPS) is 22.3. The van der Waals surface area contributed by atoms with Crippen molar-refractivity contribution < 1.29 is 9.53 Å². The molecule has 0 radical (unpaired) electrons. The Balaban J connectivity index is 2.14. The molecule has 1 aliphatic rings. The third-order valence-electron chi connectivity index (χ3n) is 3.21. The fraction of sp³-hybridized carbons (Fsp3) is 0.533. The van der Waals surface area contributed by atoms with Gasteiger partial charge in [-0.1, -0.05) is 12.1 Å². The smallest absolute Gasteiger partial charge is 0.254 e. The molecule has 0 saturated carbocycles. The molecule has 104 valence electrons. The van der Waals surface area contributed by atoms with Gasteiger partial charge in [-0.25, -0.2) is 0 Å². The molecular formula is C15H20ClNO2. The molecule has 2 rings (SSSR count). The molecule has 1 atom stereocenters. The highest BCUT2D eigenvalue weighted by atomic mass is 35.5. The average molecular weight is 282 g/mol. The minimum absolute atomic E-state index is 0.0596. The van der Waals surface area contributed by atoms with Crippen LogP contribution in [-0.2, 0) is 10.6 Å². The maximum Gasteiger partial charge on any atom is 0.254 e. The molecule has 1 amide bonds. The first kappa shape index (κ1) is 14.4. The van der Waals surface area contributed by atoms with Crippen LogP contribution in [0.5, 0.6) is 0 Å². The van der Waals surface area contributed by atoms with Gasteiger partial charge in [-0.3, -0.25) is 4.79 Å². The largest absolute Gasteiger partial charge is 0.369 e. The van der Waals surface area contributed by atoms with Gasteiger partial charge in [0.25, 0.3) is 5.91 Å². The molecule has 0 N–H and O–H groups in total. The maximum absolute atomic E-state index is 12.5. The van der Waals surface area contributed by atoms with Crippen molar-refractivity contribution in [2.24, 2.45) is 0 Å². The van der Waals surface area contributed by atoms with Crippen LogP contribution in [0.4, 0.5) is 0 Å². The number of rotatable bonds is 2. The summed E-state index contributed by atoms with van der Waals surface area (Å²) in [4.78, 5) is 14.3. The summed E-state index contributed by atoms with van der Waals surface area (Å²) < 4.78 is 5.82. The first-order valence-electron chi connectivity index (χ1n) is 6.53. The van der Waals surface area contributed by atoms with E-state index < -0.39 is 0 Å². The van der Waals surface area contributed by atoms with Crippen molar-refractivity contribution in [2.45, 2.75) is 38.4 Å². The number of carbonyl (C=O) groups excluding carboxylic acids is 1. The fourth-order valence-corrected chi connectivity index (χ4v) is 2.71. The van der Waals surface area contributed by atoms with Gasteiger partial charge in [0, 0.05) is 24.5 Å². The molecule has 1 fully saturated rings. The number of nitrogens with zero attached hydrogens (tertiary/aromatic N) is 1. The Morgan fingerprint density at radius 1 is 1.42 bits per heavy atom. The van der Waals surface area contributed by atoms with E-state index in [4.69, 9.17) is 16.3 Å². The van der Waals surface area contributed by atoms with Crippen LogP contribution in [0.15, 0.2) is 24.3 Å². The van der Waals surface area contributed by atoms with Gasteiger partial charge in [-0.2, -0.15) is 0 Å². The number of ether oxygens (including phenoxy) is 1. The van der Waals surface area contributed by atoms with E-state index in [1.54, 1.807) is 0 Å². The number of hydrogen-bond donors (Lipinski definition) is 0. The Kier molecular flexibility index (Phi) is 4.16. The molecular weight excluding hydrogens is 262 g/mol. The third-order valence-corrected chi connectivity index (χ3v) is 3.52. The zero-order valence-electron chi connectivity index (χ0n) is 11.6. The molecule has 1 aromatic rings. The van der Waals surface area contributed by atoms with Crippen LogP contribution in [0.2, 0.25) is 0 Å². The molecule has 1 unspecified atom stereocenters. The molecule has 4 heteroatoms. The minimum Gasteiger partial charge on any atom is -0.369 e. The van der Waals surface area contributed by atoms with Crippen LogP contribution in [0.3, 0.4) is 0 Å². The highest BCUT2D eigenvalue weighted by molar-refractivity contribution is 6.17. The second kappa shape index (κ2) is 5.51. The fourth-order valence-electron chi connectivity index (χ4n) is 2.53. The Morgan fingerprint density at radius 3 is 2.58 bits per heavy atom. The summed E-state index contributed by atoms with van der Waals surface area (Å²) in [6.45, 7) is 7.28. The summed E-state index contributed by atoms with van der Waals surface area (Å²) >= 11 is 5.75. The minimum atomic E-state index is -0.288. The first-order chi connectivity index (χ1) is 8.91. The van der Waals surface area contributed by atoms with Crippen LogP contribution in [0, 0.1) is 0 Å². The van der Waals surface area contributed by atoms with Crippen molar-refractivity contribution in [3.8, 4) is 0 Å². The van der Waals surface area contributed by atoms with Crippen LogP contribution in [0.1, 0.15) is 36.7 Å².